The molecule has 18 heavy (non-hydrogen) atoms. The van der Waals surface area contributed by atoms with E-state index in [1.165, 1.54) is 16.4 Å². The highest BCUT2D eigenvalue weighted by Crippen LogP contribution is 2.23. The van der Waals surface area contributed by atoms with E-state index < -0.39 is 15.8 Å². The number of rotatable bonds is 2. The Bertz CT molecular complexity index is 547. The average molecular weight is 274 g/mol. The average Bonchev–Trinajstić information content (AvgIpc) is 2.33. The molecule has 1 unspecified atom stereocenters. The Morgan fingerprint density at radius 1 is 1.50 bits per heavy atom. The molecule has 1 aliphatic rings. The van der Waals surface area contributed by atoms with Gasteiger partial charge < -0.3 is 10.5 Å². The molecular formula is C11H15FN2O3S. The molecule has 0 bridgehead atoms. The minimum Gasteiger partial charge on any atom is -0.396 e. The summed E-state index contributed by atoms with van der Waals surface area (Å²) in [5.74, 6) is -0.725. The number of halogens is 1. The topological polar surface area (TPSA) is 72.6 Å². The van der Waals surface area contributed by atoms with E-state index in [0.717, 1.165) is 6.07 Å². The van der Waals surface area contributed by atoms with Gasteiger partial charge in [-0.3, -0.25) is 0 Å². The molecule has 0 spiro atoms. The van der Waals surface area contributed by atoms with E-state index in [1.54, 1.807) is 6.92 Å². The van der Waals surface area contributed by atoms with Gasteiger partial charge in [0.1, 0.15) is 5.82 Å². The number of anilines is 1. The van der Waals surface area contributed by atoms with Crippen LogP contribution < -0.4 is 5.73 Å². The maximum absolute atomic E-state index is 13.3. The summed E-state index contributed by atoms with van der Waals surface area (Å²) in [6.07, 6.45) is 0. The van der Waals surface area contributed by atoms with Crippen LogP contribution in [0.5, 0.6) is 0 Å². The lowest BCUT2D eigenvalue weighted by Crippen LogP contribution is -2.46. The van der Waals surface area contributed by atoms with Crippen molar-refractivity contribution in [1.29, 1.82) is 0 Å². The highest BCUT2D eigenvalue weighted by atomic mass is 32.2. The van der Waals surface area contributed by atoms with Crippen LogP contribution in [0.25, 0.3) is 0 Å². The van der Waals surface area contributed by atoms with Crippen LogP contribution in [0.2, 0.25) is 0 Å². The van der Waals surface area contributed by atoms with Crippen molar-refractivity contribution >= 4 is 15.7 Å². The fourth-order valence-corrected chi connectivity index (χ4v) is 3.49. The van der Waals surface area contributed by atoms with Gasteiger partial charge in [-0.2, -0.15) is 4.31 Å². The minimum atomic E-state index is -3.69. The molecule has 5 nitrogen and oxygen atoms in total. The van der Waals surface area contributed by atoms with Crippen molar-refractivity contribution in [3.05, 3.63) is 24.0 Å². The summed E-state index contributed by atoms with van der Waals surface area (Å²) in [5.41, 5.74) is 5.27. The zero-order valence-corrected chi connectivity index (χ0v) is 10.8. The maximum Gasteiger partial charge on any atom is 0.243 e. The van der Waals surface area contributed by atoms with Crippen molar-refractivity contribution in [2.75, 3.05) is 25.5 Å². The van der Waals surface area contributed by atoms with Crippen LogP contribution in [0, 0.1) is 5.82 Å². The molecule has 7 heteroatoms. The molecule has 1 saturated heterocycles. The van der Waals surface area contributed by atoms with Crippen LogP contribution >= 0.6 is 0 Å². The first-order valence-corrected chi connectivity index (χ1v) is 7.01. The molecule has 1 atom stereocenters. The Labute approximate surface area is 105 Å². The molecule has 0 aromatic heterocycles. The zero-order chi connectivity index (χ0) is 13.3. The summed E-state index contributed by atoms with van der Waals surface area (Å²) in [4.78, 5) is -0.0806. The van der Waals surface area contributed by atoms with E-state index in [-0.39, 0.29) is 23.2 Å². The van der Waals surface area contributed by atoms with E-state index in [9.17, 15) is 12.8 Å². The zero-order valence-electron chi connectivity index (χ0n) is 9.97. The minimum absolute atomic E-state index is 0.0658. The molecule has 1 aliphatic heterocycles. The van der Waals surface area contributed by atoms with Gasteiger partial charge in [0.15, 0.2) is 0 Å². The quantitative estimate of drug-likeness (QED) is 0.810. The van der Waals surface area contributed by atoms with E-state index in [4.69, 9.17) is 10.5 Å². The molecule has 1 heterocycles. The summed E-state index contributed by atoms with van der Waals surface area (Å²) in [5, 5.41) is 0. The van der Waals surface area contributed by atoms with Crippen molar-refractivity contribution in [2.45, 2.75) is 17.9 Å². The molecule has 2 N–H and O–H groups in total. The second kappa shape index (κ2) is 4.83. The molecule has 2 rings (SSSR count). The second-order valence-electron chi connectivity index (χ2n) is 4.22. The fraction of sp³-hybridized carbons (Fsp3) is 0.455. The first-order chi connectivity index (χ1) is 8.43. The monoisotopic (exact) mass is 274 g/mol. The van der Waals surface area contributed by atoms with Gasteiger partial charge in [0.05, 0.1) is 23.8 Å². The second-order valence-corrected chi connectivity index (χ2v) is 6.11. The third kappa shape index (κ3) is 2.33. The Morgan fingerprint density at radius 2 is 2.22 bits per heavy atom. The molecule has 1 aromatic rings. The van der Waals surface area contributed by atoms with Crippen molar-refractivity contribution in [3.63, 3.8) is 0 Å². The normalized spacial score (nSPS) is 22.0. The van der Waals surface area contributed by atoms with E-state index in [0.29, 0.717) is 13.2 Å². The highest BCUT2D eigenvalue weighted by Gasteiger charge is 2.31. The Balaban J connectivity index is 2.37. The largest absolute Gasteiger partial charge is 0.396 e. The summed E-state index contributed by atoms with van der Waals surface area (Å²) < 4.78 is 44.5. The molecule has 1 aromatic carbocycles. The number of benzene rings is 1. The summed E-state index contributed by atoms with van der Waals surface area (Å²) in [6.45, 7) is 2.72. The number of hydrogen-bond acceptors (Lipinski definition) is 4. The fourth-order valence-electron chi connectivity index (χ4n) is 1.87. The molecule has 100 valence electrons. The molecule has 0 saturated carbocycles. The van der Waals surface area contributed by atoms with Crippen molar-refractivity contribution in [3.8, 4) is 0 Å². The lowest BCUT2D eigenvalue weighted by molar-refractivity contribution is 0.0392. The SMILES string of the molecule is CC1COCCN1S(=O)(=O)c1ccc(N)c(F)c1. The first kappa shape index (κ1) is 13.3. The van der Waals surface area contributed by atoms with Crippen molar-refractivity contribution in [2.24, 2.45) is 0 Å². The predicted molar refractivity (Wildman–Crippen MR) is 65.0 cm³/mol. The van der Waals surface area contributed by atoms with Gasteiger partial charge >= 0.3 is 0 Å². The van der Waals surface area contributed by atoms with Crippen LogP contribution in [0.3, 0.4) is 0 Å². The van der Waals surface area contributed by atoms with E-state index in [2.05, 4.69) is 0 Å². The Kier molecular flexibility index (Phi) is 3.56. The Hall–Kier alpha value is -1.18. The van der Waals surface area contributed by atoms with Gasteiger partial charge in [-0.1, -0.05) is 0 Å². The maximum atomic E-state index is 13.3. The van der Waals surface area contributed by atoms with Gasteiger partial charge in [0.2, 0.25) is 10.0 Å². The molecule has 0 radical (unpaired) electrons. The first-order valence-electron chi connectivity index (χ1n) is 5.57. The molecule has 0 aliphatic carbocycles. The molecular weight excluding hydrogens is 259 g/mol. The number of nitrogens with two attached hydrogens (primary N) is 1. The summed E-state index contributed by atoms with van der Waals surface area (Å²) in [7, 11) is -3.69. The molecule has 1 fully saturated rings. The standard InChI is InChI=1S/C11H15FN2O3S/c1-8-7-17-5-4-14(8)18(15,16)9-2-3-11(13)10(12)6-9/h2-3,6,8H,4-5,7,13H2,1H3. The van der Waals surface area contributed by atoms with Gasteiger partial charge in [0, 0.05) is 12.6 Å². The third-order valence-corrected chi connectivity index (χ3v) is 4.89. The molecule has 0 amide bonds. The third-order valence-electron chi connectivity index (χ3n) is 2.89. The van der Waals surface area contributed by atoms with Gasteiger partial charge in [0.25, 0.3) is 0 Å². The number of hydrogen-bond donors (Lipinski definition) is 1. The van der Waals surface area contributed by atoms with E-state index >= 15 is 0 Å². The van der Waals surface area contributed by atoms with Crippen molar-refractivity contribution < 1.29 is 17.5 Å². The van der Waals surface area contributed by atoms with Gasteiger partial charge in [-0.15, -0.1) is 0 Å². The number of nitrogens with zero attached hydrogens (tertiary/aromatic N) is 1. The van der Waals surface area contributed by atoms with Crippen LogP contribution in [0.1, 0.15) is 6.92 Å². The highest BCUT2D eigenvalue weighted by molar-refractivity contribution is 7.89. The van der Waals surface area contributed by atoms with E-state index in [1.807, 2.05) is 0 Å². The number of nitrogen functional groups attached to an aromatic ring is 1. The summed E-state index contributed by atoms with van der Waals surface area (Å²) >= 11 is 0. The predicted octanol–water partition coefficient (Wildman–Crippen LogP) is 0.817. The number of morpholine rings is 1. The number of ether oxygens (including phenoxy) is 1. The van der Waals surface area contributed by atoms with Crippen LogP contribution in [0.4, 0.5) is 10.1 Å². The van der Waals surface area contributed by atoms with Crippen LogP contribution in [-0.4, -0.2) is 38.5 Å². The lowest BCUT2D eigenvalue weighted by Gasteiger charge is -2.32. The van der Waals surface area contributed by atoms with Crippen LogP contribution in [0.15, 0.2) is 23.1 Å². The van der Waals surface area contributed by atoms with Gasteiger partial charge in [-0.25, -0.2) is 12.8 Å². The lowest BCUT2D eigenvalue weighted by atomic mass is 10.3. The van der Waals surface area contributed by atoms with Crippen molar-refractivity contribution in [1.82, 2.24) is 4.31 Å². The van der Waals surface area contributed by atoms with Gasteiger partial charge in [-0.05, 0) is 25.1 Å². The summed E-state index contributed by atoms with van der Waals surface area (Å²) in [6, 6.07) is 3.26. The Morgan fingerprint density at radius 3 is 2.83 bits per heavy atom. The van der Waals surface area contributed by atoms with Crippen LogP contribution in [-0.2, 0) is 14.8 Å². The smallest absolute Gasteiger partial charge is 0.243 e. The number of sulfonamides is 1.